The number of aryl methyl sites for hydroxylation is 1. The number of anilines is 1. The van der Waals surface area contributed by atoms with Crippen molar-refractivity contribution in [2.45, 2.75) is 6.92 Å². The summed E-state index contributed by atoms with van der Waals surface area (Å²) in [6.45, 7) is 3.14. The summed E-state index contributed by atoms with van der Waals surface area (Å²) < 4.78 is 10.6. The van der Waals surface area contributed by atoms with Gasteiger partial charge in [-0.1, -0.05) is 6.07 Å². The minimum atomic E-state index is 0.542. The Labute approximate surface area is 124 Å². The topological polar surface area (TPSA) is 82.3 Å². The number of nitrogens with two attached hydrogens (primary N) is 1. The molecule has 6 nitrogen and oxygen atoms in total. The van der Waals surface area contributed by atoms with E-state index in [0.717, 1.165) is 16.8 Å². The summed E-state index contributed by atoms with van der Waals surface area (Å²) in [6.07, 6.45) is 1.79. The van der Waals surface area contributed by atoms with Crippen molar-refractivity contribution < 1.29 is 9.47 Å². The molecule has 0 aliphatic heterocycles. The van der Waals surface area contributed by atoms with Crippen LogP contribution in [-0.2, 0) is 0 Å². The van der Waals surface area contributed by atoms with E-state index in [2.05, 4.69) is 15.3 Å². The van der Waals surface area contributed by atoms with E-state index in [1.165, 1.54) is 0 Å². The number of rotatable bonds is 6. The Morgan fingerprint density at radius 2 is 1.95 bits per heavy atom. The zero-order chi connectivity index (χ0) is 15.2. The van der Waals surface area contributed by atoms with E-state index in [-0.39, 0.29) is 0 Å². The molecule has 0 atom stereocenters. The first kappa shape index (κ1) is 15.1. The quantitative estimate of drug-likeness (QED) is 0.844. The Balaban J connectivity index is 2.33. The number of nitrogens with one attached hydrogen (secondary N) is 1. The molecule has 0 aliphatic carbocycles. The first-order valence-corrected chi connectivity index (χ1v) is 6.69. The van der Waals surface area contributed by atoms with E-state index >= 15 is 0 Å². The second kappa shape index (κ2) is 6.90. The molecule has 0 unspecified atom stereocenters. The van der Waals surface area contributed by atoms with Crippen LogP contribution >= 0.6 is 0 Å². The molecule has 112 valence electrons. The van der Waals surface area contributed by atoms with Crippen LogP contribution in [0.3, 0.4) is 0 Å². The van der Waals surface area contributed by atoms with Crippen LogP contribution in [-0.4, -0.2) is 37.3 Å². The van der Waals surface area contributed by atoms with Crippen molar-refractivity contribution in [3.63, 3.8) is 0 Å². The number of nitrogens with zero attached hydrogens (tertiary/aromatic N) is 2. The van der Waals surface area contributed by atoms with Crippen molar-refractivity contribution >= 4 is 5.95 Å². The maximum absolute atomic E-state index is 5.45. The van der Waals surface area contributed by atoms with Crippen molar-refractivity contribution in [1.82, 2.24) is 9.97 Å². The molecule has 0 saturated carbocycles. The van der Waals surface area contributed by atoms with Gasteiger partial charge in [-0.05, 0) is 24.6 Å². The van der Waals surface area contributed by atoms with Gasteiger partial charge < -0.3 is 20.5 Å². The highest BCUT2D eigenvalue weighted by atomic mass is 16.5. The molecule has 0 amide bonds. The Kier molecular flexibility index (Phi) is 4.94. The maximum Gasteiger partial charge on any atom is 0.222 e. The van der Waals surface area contributed by atoms with Crippen LogP contribution in [0, 0.1) is 6.92 Å². The van der Waals surface area contributed by atoms with Gasteiger partial charge in [0.2, 0.25) is 5.95 Å². The number of methoxy groups -OCH3 is 2. The second-order valence-corrected chi connectivity index (χ2v) is 4.48. The second-order valence-electron chi connectivity index (χ2n) is 4.48. The SMILES string of the molecule is COc1ccc(-c2cnc(NCCN)nc2C)cc1OC. The van der Waals surface area contributed by atoms with E-state index < -0.39 is 0 Å². The summed E-state index contributed by atoms with van der Waals surface area (Å²) >= 11 is 0. The van der Waals surface area contributed by atoms with Crippen molar-refractivity contribution in [2.24, 2.45) is 5.73 Å². The van der Waals surface area contributed by atoms with E-state index in [4.69, 9.17) is 15.2 Å². The first-order valence-electron chi connectivity index (χ1n) is 6.69. The molecule has 0 radical (unpaired) electrons. The smallest absolute Gasteiger partial charge is 0.222 e. The third-order valence-corrected chi connectivity index (χ3v) is 3.10. The molecule has 1 heterocycles. The van der Waals surface area contributed by atoms with Crippen LogP contribution in [0.2, 0.25) is 0 Å². The molecule has 0 spiro atoms. The van der Waals surface area contributed by atoms with E-state index in [1.807, 2.05) is 25.1 Å². The van der Waals surface area contributed by atoms with Gasteiger partial charge in [0.1, 0.15) is 0 Å². The highest BCUT2D eigenvalue weighted by molar-refractivity contribution is 5.68. The third-order valence-electron chi connectivity index (χ3n) is 3.10. The molecular formula is C15H20N4O2. The van der Waals surface area contributed by atoms with Gasteiger partial charge in [0, 0.05) is 24.8 Å². The Bertz CT molecular complexity index is 617. The normalized spacial score (nSPS) is 10.3. The molecule has 6 heteroatoms. The lowest BCUT2D eigenvalue weighted by atomic mass is 10.1. The van der Waals surface area contributed by atoms with Gasteiger partial charge in [-0.15, -0.1) is 0 Å². The predicted octanol–water partition coefficient (Wildman–Crippen LogP) is 1.84. The molecule has 1 aromatic heterocycles. The summed E-state index contributed by atoms with van der Waals surface area (Å²) in [5.41, 5.74) is 8.27. The van der Waals surface area contributed by atoms with Crippen molar-refractivity contribution in [1.29, 1.82) is 0 Å². The van der Waals surface area contributed by atoms with Gasteiger partial charge in [-0.3, -0.25) is 0 Å². The average molecular weight is 288 g/mol. The summed E-state index contributed by atoms with van der Waals surface area (Å²) in [7, 11) is 3.23. The average Bonchev–Trinajstić information content (AvgIpc) is 2.52. The molecule has 0 bridgehead atoms. The Hall–Kier alpha value is -2.34. The Morgan fingerprint density at radius 3 is 2.57 bits per heavy atom. The molecule has 0 fully saturated rings. The number of aromatic nitrogens is 2. The van der Waals surface area contributed by atoms with Gasteiger partial charge in [0.15, 0.2) is 11.5 Å². The summed E-state index contributed by atoms with van der Waals surface area (Å²) in [4.78, 5) is 8.74. The highest BCUT2D eigenvalue weighted by Gasteiger charge is 2.10. The molecule has 1 aromatic carbocycles. The number of benzene rings is 1. The van der Waals surface area contributed by atoms with Crippen LogP contribution in [0.1, 0.15) is 5.69 Å². The van der Waals surface area contributed by atoms with Crippen molar-refractivity contribution in [3.8, 4) is 22.6 Å². The summed E-state index contributed by atoms with van der Waals surface area (Å²) in [6, 6.07) is 5.74. The van der Waals surface area contributed by atoms with Crippen molar-refractivity contribution in [2.75, 3.05) is 32.6 Å². The van der Waals surface area contributed by atoms with E-state index in [9.17, 15) is 0 Å². The standard InChI is InChI=1S/C15H20N4O2/c1-10-12(9-18-15(19-10)17-7-6-16)11-4-5-13(20-2)14(8-11)21-3/h4-5,8-9H,6-7,16H2,1-3H3,(H,17,18,19). The molecular weight excluding hydrogens is 268 g/mol. The lowest BCUT2D eigenvalue weighted by Gasteiger charge is -2.11. The van der Waals surface area contributed by atoms with Gasteiger partial charge in [-0.2, -0.15) is 0 Å². The van der Waals surface area contributed by atoms with E-state index in [1.54, 1.807) is 20.4 Å². The predicted molar refractivity (Wildman–Crippen MR) is 82.9 cm³/mol. The molecule has 0 saturated heterocycles. The fourth-order valence-electron chi connectivity index (χ4n) is 2.02. The molecule has 0 aliphatic rings. The molecule has 2 aromatic rings. The van der Waals surface area contributed by atoms with Gasteiger partial charge in [0.25, 0.3) is 0 Å². The zero-order valence-electron chi connectivity index (χ0n) is 12.5. The van der Waals surface area contributed by atoms with E-state index in [0.29, 0.717) is 30.5 Å². The number of ether oxygens (including phenoxy) is 2. The van der Waals surface area contributed by atoms with Gasteiger partial charge in [0.05, 0.1) is 19.9 Å². The summed E-state index contributed by atoms with van der Waals surface area (Å²) in [5, 5.41) is 3.06. The molecule has 21 heavy (non-hydrogen) atoms. The monoisotopic (exact) mass is 288 g/mol. The lowest BCUT2D eigenvalue weighted by Crippen LogP contribution is -2.15. The largest absolute Gasteiger partial charge is 0.493 e. The minimum absolute atomic E-state index is 0.542. The maximum atomic E-state index is 5.45. The van der Waals surface area contributed by atoms with Crippen LogP contribution in [0.15, 0.2) is 24.4 Å². The third kappa shape index (κ3) is 3.41. The van der Waals surface area contributed by atoms with Gasteiger partial charge >= 0.3 is 0 Å². The lowest BCUT2D eigenvalue weighted by molar-refractivity contribution is 0.355. The van der Waals surface area contributed by atoms with Crippen LogP contribution < -0.4 is 20.5 Å². The first-order chi connectivity index (χ1) is 10.2. The number of hydrogen-bond acceptors (Lipinski definition) is 6. The fraction of sp³-hybridized carbons (Fsp3) is 0.333. The van der Waals surface area contributed by atoms with Gasteiger partial charge in [-0.25, -0.2) is 9.97 Å². The van der Waals surface area contributed by atoms with Crippen LogP contribution in [0.4, 0.5) is 5.95 Å². The minimum Gasteiger partial charge on any atom is -0.493 e. The van der Waals surface area contributed by atoms with Crippen LogP contribution in [0.5, 0.6) is 11.5 Å². The zero-order valence-corrected chi connectivity index (χ0v) is 12.5. The summed E-state index contributed by atoms with van der Waals surface area (Å²) in [5.74, 6) is 1.96. The highest BCUT2D eigenvalue weighted by Crippen LogP contribution is 2.33. The Morgan fingerprint density at radius 1 is 1.19 bits per heavy atom. The molecule has 2 rings (SSSR count). The fourth-order valence-corrected chi connectivity index (χ4v) is 2.02. The van der Waals surface area contributed by atoms with Crippen molar-refractivity contribution in [3.05, 3.63) is 30.1 Å². The number of hydrogen-bond donors (Lipinski definition) is 2. The van der Waals surface area contributed by atoms with Crippen LogP contribution in [0.25, 0.3) is 11.1 Å². The molecule has 3 N–H and O–H groups in total.